The molecule has 0 N–H and O–H groups in total. The Kier molecular flexibility index (Phi) is 3.13. The number of methoxy groups -OCH3 is 1. The Labute approximate surface area is 96.6 Å². The van der Waals surface area contributed by atoms with Crippen LogP contribution in [-0.4, -0.2) is 22.9 Å². The van der Waals surface area contributed by atoms with Gasteiger partial charge in [-0.3, -0.25) is 9.48 Å². The van der Waals surface area contributed by atoms with Gasteiger partial charge in [0.25, 0.3) is 0 Å². The van der Waals surface area contributed by atoms with Crippen molar-refractivity contribution in [1.82, 2.24) is 9.78 Å². The number of hydrogen-bond acceptors (Lipinski definition) is 3. The number of rotatable bonds is 2. The van der Waals surface area contributed by atoms with Gasteiger partial charge in [0.2, 0.25) is 0 Å². The smallest absolute Gasteiger partial charge is 0.317 e. The third-order valence-electron chi connectivity index (χ3n) is 2.61. The lowest BCUT2D eigenvalue weighted by atomic mass is 9.88. The van der Waals surface area contributed by atoms with E-state index in [0.717, 1.165) is 5.69 Å². The normalized spacial score (nSPS) is 12.6. The average molecular weight is 224 g/mol. The Bertz CT molecular complexity index is 386. The fourth-order valence-corrected chi connectivity index (χ4v) is 1.67. The molecule has 0 saturated carbocycles. The van der Waals surface area contributed by atoms with Gasteiger partial charge < -0.3 is 4.74 Å². The SMILES string of the molecule is COC(=O)C(C)(C)c1ccnn1C(C)(C)C. The summed E-state index contributed by atoms with van der Waals surface area (Å²) in [6.07, 6.45) is 1.71. The second kappa shape index (κ2) is 3.92. The van der Waals surface area contributed by atoms with Crippen molar-refractivity contribution in [3.8, 4) is 0 Å². The number of ether oxygens (including phenoxy) is 1. The number of carbonyl (C=O) groups is 1. The molecule has 0 aliphatic rings. The molecule has 0 amide bonds. The van der Waals surface area contributed by atoms with Gasteiger partial charge >= 0.3 is 5.97 Å². The van der Waals surface area contributed by atoms with Crippen LogP contribution in [-0.2, 0) is 20.5 Å². The van der Waals surface area contributed by atoms with Gasteiger partial charge in [0.05, 0.1) is 18.3 Å². The fourth-order valence-electron chi connectivity index (χ4n) is 1.67. The Morgan fingerprint density at radius 3 is 2.31 bits per heavy atom. The lowest BCUT2D eigenvalue weighted by molar-refractivity contribution is -0.146. The number of esters is 1. The highest BCUT2D eigenvalue weighted by atomic mass is 16.5. The van der Waals surface area contributed by atoms with E-state index in [1.807, 2.05) is 24.6 Å². The third-order valence-corrected chi connectivity index (χ3v) is 2.61. The van der Waals surface area contributed by atoms with Gasteiger partial charge in [0.1, 0.15) is 5.41 Å². The van der Waals surface area contributed by atoms with Crippen molar-refractivity contribution in [3.05, 3.63) is 18.0 Å². The summed E-state index contributed by atoms with van der Waals surface area (Å²) < 4.78 is 6.69. The lowest BCUT2D eigenvalue weighted by Crippen LogP contribution is -2.37. The first-order chi connectivity index (χ1) is 7.21. The van der Waals surface area contributed by atoms with Gasteiger partial charge in [-0.05, 0) is 40.7 Å². The number of nitrogens with zero attached hydrogens (tertiary/aromatic N) is 2. The molecule has 1 heterocycles. The van der Waals surface area contributed by atoms with Gasteiger partial charge in [-0.15, -0.1) is 0 Å². The monoisotopic (exact) mass is 224 g/mol. The van der Waals surface area contributed by atoms with Gasteiger partial charge in [0.15, 0.2) is 0 Å². The standard InChI is InChI=1S/C12H20N2O2/c1-11(2,3)14-9(7-8-13-14)12(4,5)10(15)16-6/h7-8H,1-6H3. The van der Waals surface area contributed by atoms with E-state index in [-0.39, 0.29) is 11.5 Å². The quantitative estimate of drug-likeness (QED) is 0.722. The molecule has 0 radical (unpaired) electrons. The Morgan fingerprint density at radius 1 is 1.31 bits per heavy atom. The van der Waals surface area contributed by atoms with Crippen LogP contribution in [0.15, 0.2) is 12.3 Å². The molecule has 0 aliphatic carbocycles. The van der Waals surface area contributed by atoms with Crippen LogP contribution < -0.4 is 0 Å². The second-order valence-electron chi connectivity index (χ2n) is 5.42. The van der Waals surface area contributed by atoms with E-state index >= 15 is 0 Å². The topological polar surface area (TPSA) is 44.1 Å². The molecule has 4 nitrogen and oxygen atoms in total. The molecule has 4 heteroatoms. The first kappa shape index (κ1) is 12.7. The maximum Gasteiger partial charge on any atom is 0.317 e. The summed E-state index contributed by atoms with van der Waals surface area (Å²) in [7, 11) is 1.40. The van der Waals surface area contributed by atoms with Gasteiger partial charge in [-0.2, -0.15) is 5.10 Å². The molecule has 0 fully saturated rings. The van der Waals surface area contributed by atoms with Crippen LogP contribution in [0.4, 0.5) is 0 Å². The summed E-state index contributed by atoms with van der Waals surface area (Å²) in [5.74, 6) is -0.251. The van der Waals surface area contributed by atoms with E-state index in [0.29, 0.717) is 0 Å². The van der Waals surface area contributed by atoms with E-state index in [9.17, 15) is 4.79 Å². The summed E-state index contributed by atoms with van der Waals surface area (Å²) in [5.41, 5.74) is 0.0368. The molecule has 0 unspecified atom stereocenters. The van der Waals surface area contributed by atoms with Gasteiger partial charge in [-0.25, -0.2) is 0 Å². The Balaban J connectivity index is 3.24. The predicted molar refractivity (Wildman–Crippen MR) is 62.3 cm³/mol. The van der Waals surface area contributed by atoms with E-state index < -0.39 is 5.41 Å². The van der Waals surface area contributed by atoms with Crippen LogP contribution in [0, 0.1) is 0 Å². The number of carbonyl (C=O) groups excluding carboxylic acids is 1. The zero-order valence-corrected chi connectivity index (χ0v) is 10.9. The van der Waals surface area contributed by atoms with Crippen molar-refractivity contribution in [2.24, 2.45) is 0 Å². The van der Waals surface area contributed by atoms with Crippen molar-refractivity contribution < 1.29 is 9.53 Å². The Morgan fingerprint density at radius 2 is 1.88 bits per heavy atom. The number of hydrogen-bond donors (Lipinski definition) is 0. The molecular formula is C12H20N2O2. The largest absolute Gasteiger partial charge is 0.468 e. The van der Waals surface area contributed by atoms with Crippen molar-refractivity contribution in [1.29, 1.82) is 0 Å². The van der Waals surface area contributed by atoms with E-state index in [1.54, 1.807) is 6.20 Å². The maximum absolute atomic E-state index is 11.7. The molecule has 0 spiro atoms. The van der Waals surface area contributed by atoms with E-state index in [2.05, 4.69) is 25.9 Å². The zero-order chi connectivity index (χ0) is 12.6. The maximum atomic E-state index is 11.7. The predicted octanol–water partition coefficient (Wildman–Crippen LogP) is 2.09. The second-order valence-corrected chi connectivity index (χ2v) is 5.42. The van der Waals surface area contributed by atoms with Crippen molar-refractivity contribution >= 4 is 5.97 Å². The molecule has 1 rings (SSSR count). The molecular weight excluding hydrogens is 204 g/mol. The first-order valence-corrected chi connectivity index (χ1v) is 5.34. The average Bonchev–Trinajstić information content (AvgIpc) is 2.64. The summed E-state index contributed by atoms with van der Waals surface area (Å²) in [6, 6.07) is 1.86. The van der Waals surface area contributed by atoms with Crippen molar-refractivity contribution in [2.45, 2.75) is 45.6 Å². The van der Waals surface area contributed by atoms with Crippen LogP contribution >= 0.6 is 0 Å². The van der Waals surface area contributed by atoms with Crippen molar-refractivity contribution in [3.63, 3.8) is 0 Å². The molecule has 90 valence electrons. The highest BCUT2D eigenvalue weighted by Gasteiger charge is 2.36. The zero-order valence-electron chi connectivity index (χ0n) is 10.9. The van der Waals surface area contributed by atoms with Crippen molar-refractivity contribution in [2.75, 3.05) is 7.11 Å². The van der Waals surface area contributed by atoms with Crippen LogP contribution in [0.3, 0.4) is 0 Å². The highest BCUT2D eigenvalue weighted by Crippen LogP contribution is 2.28. The van der Waals surface area contributed by atoms with Crippen LogP contribution in [0.25, 0.3) is 0 Å². The molecule has 0 bridgehead atoms. The molecule has 16 heavy (non-hydrogen) atoms. The summed E-state index contributed by atoms with van der Waals surface area (Å²) in [6.45, 7) is 9.85. The molecule has 0 aliphatic heterocycles. The molecule has 0 atom stereocenters. The summed E-state index contributed by atoms with van der Waals surface area (Å²) in [4.78, 5) is 11.7. The highest BCUT2D eigenvalue weighted by molar-refractivity contribution is 5.81. The summed E-state index contributed by atoms with van der Waals surface area (Å²) in [5, 5.41) is 4.28. The number of aromatic nitrogens is 2. The van der Waals surface area contributed by atoms with Gasteiger partial charge in [-0.1, -0.05) is 0 Å². The molecule has 0 aromatic carbocycles. The summed E-state index contributed by atoms with van der Waals surface area (Å²) >= 11 is 0. The third kappa shape index (κ3) is 2.10. The molecule has 1 aromatic rings. The minimum absolute atomic E-state index is 0.149. The van der Waals surface area contributed by atoms with E-state index in [1.165, 1.54) is 7.11 Å². The van der Waals surface area contributed by atoms with Gasteiger partial charge in [0, 0.05) is 6.20 Å². The van der Waals surface area contributed by atoms with Crippen LogP contribution in [0.2, 0.25) is 0 Å². The first-order valence-electron chi connectivity index (χ1n) is 5.34. The lowest BCUT2D eigenvalue weighted by Gasteiger charge is -2.29. The minimum atomic E-state index is -0.682. The fraction of sp³-hybridized carbons (Fsp3) is 0.667. The van der Waals surface area contributed by atoms with Crippen LogP contribution in [0.1, 0.15) is 40.3 Å². The van der Waals surface area contributed by atoms with Crippen LogP contribution in [0.5, 0.6) is 0 Å². The Hall–Kier alpha value is -1.32. The molecule has 0 saturated heterocycles. The van der Waals surface area contributed by atoms with E-state index in [4.69, 9.17) is 4.74 Å². The molecule has 1 aromatic heterocycles. The minimum Gasteiger partial charge on any atom is -0.468 e.